The van der Waals surface area contributed by atoms with Crippen molar-refractivity contribution < 1.29 is 19.4 Å². The second-order valence-corrected chi connectivity index (χ2v) is 6.26. The van der Waals surface area contributed by atoms with Crippen molar-refractivity contribution in [2.45, 2.75) is 19.4 Å². The zero-order chi connectivity index (χ0) is 20.6. The Hall–Kier alpha value is -3.56. The fraction of sp³-hybridized carbons (Fsp3) is 0.333. The first-order valence-corrected chi connectivity index (χ1v) is 8.40. The number of nitrogens with zero attached hydrogens (tertiary/aromatic N) is 3. The number of aromatic amines is 1. The molecule has 2 heterocycles. The van der Waals surface area contributed by atoms with Crippen LogP contribution in [-0.2, 0) is 11.8 Å². The van der Waals surface area contributed by atoms with E-state index < -0.39 is 23.2 Å². The van der Waals surface area contributed by atoms with Gasteiger partial charge in [0.05, 0.1) is 26.0 Å². The van der Waals surface area contributed by atoms with E-state index in [1.54, 1.807) is 18.2 Å². The Morgan fingerprint density at radius 2 is 1.93 bits per heavy atom. The van der Waals surface area contributed by atoms with Gasteiger partial charge < -0.3 is 14.6 Å². The molecule has 0 spiro atoms. The van der Waals surface area contributed by atoms with E-state index in [-0.39, 0.29) is 23.6 Å². The number of hydrazone groups is 1. The molecule has 1 aromatic heterocycles. The Kier molecular flexibility index (Phi) is 4.95. The van der Waals surface area contributed by atoms with Gasteiger partial charge >= 0.3 is 5.69 Å². The maximum Gasteiger partial charge on any atom is 0.330 e. The molecule has 1 aliphatic rings. The third-order valence-electron chi connectivity index (χ3n) is 4.61. The molecule has 0 fully saturated rings. The van der Waals surface area contributed by atoms with Crippen molar-refractivity contribution in [1.29, 1.82) is 0 Å². The van der Waals surface area contributed by atoms with E-state index in [0.717, 1.165) is 4.57 Å². The third-order valence-corrected chi connectivity index (χ3v) is 4.61. The number of nitrogens with one attached hydrogen (secondary N) is 1. The summed E-state index contributed by atoms with van der Waals surface area (Å²) in [5, 5.41) is 15.7. The summed E-state index contributed by atoms with van der Waals surface area (Å²) >= 11 is 0. The van der Waals surface area contributed by atoms with Crippen molar-refractivity contribution in [1.82, 2.24) is 14.6 Å². The molecule has 2 aromatic rings. The van der Waals surface area contributed by atoms with E-state index in [1.165, 1.54) is 33.2 Å². The van der Waals surface area contributed by atoms with Crippen LogP contribution in [0.4, 0.5) is 0 Å². The van der Waals surface area contributed by atoms with E-state index in [9.17, 15) is 19.5 Å². The molecule has 0 saturated heterocycles. The topological polar surface area (TPSA) is 126 Å². The summed E-state index contributed by atoms with van der Waals surface area (Å²) in [6.07, 6.45) is 0.171. The summed E-state index contributed by atoms with van der Waals surface area (Å²) in [5.74, 6) is 0.172. The number of aromatic nitrogens is 2. The van der Waals surface area contributed by atoms with Crippen molar-refractivity contribution >= 4 is 11.6 Å². The van der Waals surface area contributed by atoms with Crippen LogP contribution in [0.2, 0.25) is 0 Å². The minimum atomic E-state index is -0.768. The van der Waals surface area contributed by atoms with E-state index >= 15 is 0 Å². The molecule has 1 atom stereocenters. The van der Waals surface area contributed by atoms with E-state index in [1.807, 2.05) is 0 Å². The lowest BCUT2D eigenvalue weighted by molar-refractivity contribution is -0.130. The van der Waals surface area contributed by atoms with Crippen LogP contribution in [0.3, 0.4) is 0 Å². The molecule has 2 N–H and O–H groups in total. The highest BCUT2D eigenvalue weighted by molar-refractivity contribution is 6.04. The van der Waals surface area contributed by atoms with Gasteiger partial charge in [-0.25, -0.2) is 9.80 Å². The lowest BCUT2D eigenvalue weighted by Crippen LogP contribution is -2.32. The van der Waals surface area contributed by atoms with Gasteiger partial charge in [0.25, 0.3) is 5.56 Å². The highest BCUT2D eigenvalue weighted by atomic mass is 16.5. The van der Waals surface area contributed by atoms with Gasteiger partial charge in [-0.2, -0.15) is 5.10 Å². The molecule has 10 nitrogen and oxygen atoms in total. The summed E-state index contributed by atoms with van der Waals surface area (Å²) in [5.41, 5.74) is -0.742. The Balaban J connectivity index is 2.08. The Bertz CT molecular complexity index is 1080. The normalized spacial score (nSPS) is 16.1. The molecule has 0 radical (unpaired) electrons. The number of carbonyl (C=O) groups is 1. The second kappa shape index (κ2) is 7.22. The van der Waals surface area contributed by atoms with Crippen molar-refractivity contribution in [3.63, 3.8) is 0 Å². The third kappa shape index (κ3) is 3.13. The van der Waals surface area contributed by atoms with Crippen LogP contribution in [0.1, 0.15) is 30.5 Å². The molecule has 10 heteroatoms. The van der Waals surface area contributed by atoms with Gasteiger partial charge in [-0.3, -0.25) is 19.1 Å². The van der Waals surface area contributed by atoms with Gasteiger partial charge in [0.2, 0.25) is 11.8 Å². The van der Waals surface area contributed by atoms with Crippen LogP contribution >= 0.6 is 0 Å². The summed E-state index contributed by atoms with van der Waals surface area (Å²) in [6.45, 7) is 1.35. The quantitative estimate of drug-likeness (QED) is 0.785. The summed E-state index contributed by atoms with van der Waals surface area (Å²) in [6, 6.07) is 4.69. The average molecular weight is 388 g/mol. The molecule has 148 valence electrons. The molecule has 1 amide bonds. The number of rotatable bonds is 4. The number of ether oxygens (including phenoxy) is 2. The maximum absolute atomic E-state index is 12.3. The van der Waals surface area contributed by atoms with Crippen LogP contribution < -0.4 is 20.7 Å². The smallest absolute Gasteiger partial charge is 0.330 e. The molecule has 3 rings (SSSR count). The standard InChI is InChI=1S/C18H20N4O6/c1-9(23)22-12(10-5-6-13(27-3)14(7-10)28-4)8-11(20-22)15-16(24)19-18(26)21(2)17(15)25/h5-7,12,25H,8H2,1-4H3,(H,19,24,26)/t12-/m1/s1. The Morgan fingerprint density at radius 3 is 2.54 bits per heavy atom. The van der Waals surface area contributed by atoms with Crippen LogP contribution in [0.25, 0.3) is 0 Å². The predicted octanol–water partition coefficient (Wildman–Crippen LogP) is 0.494. The SMILES string of the molecule is COc1ccc([C@H]2CC(c3c(O)n(C)c(=O)[nH]c3=O)=NN2C(C)=O)cc1OC. The number of aromatic hydroxyl groups is 1. The Morgan fingerprint density at radius 1 is 1.25 bits per heavy atom. The molecular weight excluding hydrogens is 368 g/mol. The van der Waals surface area contributed by atoms with Crippen molar-refractivity contribution in [2.24, 2.45) is 12.1 Å². The predicted molar refractivity (Wildman–Crippen MR) is 99.9 cm³/mol. The van der Waals surface area contributed by atoms with Gasteiger partial charge in [0.15, 0.2) is 11.5 Å². The summed E-state index contributed by atoms with van der Waals surface area (Å²) < 4.78 is 11.4. The molecule has 1 aliphatic heterocycles. The van der Waals surface area contributed by atoms with Crippen LogP contribution in [0.15, 0.2) is 32.9 Å². The second-order valence-electron chi connectivity index (χ2n) is 6.26. The number of hydrogen-bond acceptors (Lipinski definition) is 7. The van der Waals surface area contributed by atoms with Crippen LogP contribution in [0, 0.1) is 0 Å². The zero-order valence-electron chi connectivity index (χ0n) is 15.8. The van der Waals surface area contributed by atoms with Gasteiger partial charge in [-0.1, -0.05) is 6.07 Å². The van der Waals surface area contributed by atoms with E-state index in [2.05, 4.69) is 10.1 Å². The van der Waals surface area contributed by atoms with Gasteiger partial charge in [0.1, 0.15) is 5.56 Å². The minimum absolute atomic E-state index is 0.142. The number of methoxy groups -OCH3 is 2. The molecule has 0 unspecified atom stereocenters. The highest BCUT2D eigenvalue weighted by Gasteiger charge is 2.34. The first kappa shape index (κ1) is 19.2. The maximum atomic E-state index is 12.3. The Labute approximate surface area is 159 Å². The minimum Gasteiger partial charge on any atom is -0.494 e. The highest BCUT2D eigenvalue weighted by Crippen LogP contribution is 2.37. The number of hydrogen-bond donors (Lipinski definition) is 2. The zero-order valence-corrected chi connectivity index (χ0v) is 15.8. The monoisotopic (exact) mass is 388 g/mol. The number of benzene rings is 1. The van der Waals surface area contributed by atoms with E-state index in [0.29, 0.717) is 17.1 Å². The van der Waals surface area contributed by atoms with Crippen molar-refractivity contribution in [2.75, 3.05) is 14.2 Å². The number of H-pyrrole nitrogens is 1. The number of amides is 1. The summed E-state index contributed by atoms with van der Waals surface area (Å²) in [4.78, 5) is 38.2. The molecule has 28 heavy (non-hydrogen) atoms. The first-order valence-electron chi connectivity index (χ1n) is 8.40. The molecule has 0 bridgehead atoms. The lowest BCUT2D eigenvalue weighted by Gasteiger charge is -2.21. The van der Waals surface area contributed by atoms with Gasteiger partial charge in [-0.05, 0) is 17.7 Å². The average Bonchev–Trinajstić information content (AvgIpc) is 3.10. The van der Waals surface area contributed by atoms with Gasteiger partial charge in [-0.15, -0.1) is 0 Å². The first-order chi connectivity index (χ1) is 13.3. The number of carbonyl (C=O) groups excluding carboxylic acids is 1. The van der Waals surface area contributed by atoms with Crippen LogP contribution in [0.5, 0.6) is 17.4 Å². The molecule has 0 aliphatic carbocycles. The fourth-order valence-electron chi connectivity index (χ4n) is 3.14. The summed E-state index contributed by atoms with van der Waals surface area (Å²) in [7, 11) is 4.34. The molecular formula is C18H20N4O6. The molecule has 1 aromatic carbocycles. The van der Waals surface area contributed by atoms with E-state index in [4.69, 9.17) is 9.47 Å². The molecule has 0 saturated carbocycles. The van der Waals surface area contributed by atoms with Crippen LogP contribution in [-0.4, -0.2) is 45.5 Å². The fourth-order valence-corrected chi connectivity index (χ4v) is 3.14. The van der Waals surface area contributed by atoms with Crippen molar-refractivity contribution in [3.05, 3.63) is 50.2 Å². The lowest BCUT2D eigenvalue weighted by atomic mass is 9.98. The van der Waals surface area contributed by atoms with Crippen molar-refractivity contribution in [3.8, 4) is 17.4 Å². The largest absolute Gasteiger partial charge is 0.494 e. The van der Waals surface area contributed by atoms with Gasteiger partial charge in [0, 0.05) is 20.4 Å².